The van der Waals surface area contributed by atoms with Gasteiger partial charge in [-0.2, -0.15) is 0 Å². The van der Waals surface area contributed by atoms with Crippen LogP contribution in [-0.2, 0) is 4.79 Å². The Morgan fingerprint density at radius 1 is 1.23 bits per heavy atom. The molecule has 1 N–H and O–H groups in total. The molecule has 0 saturated heterocycles. The van der Waals surface area contributed by atoms with Crippen molar-refractivity contribution in [3.63, 3.8) is 0 Å². The number of carbonyl (C=O) groups is 1. The lowest BCUT2D eigenvalue weighted by molar-refractivity contribution is -0.117. The van der Waals surface area contributed by atoms with Gasteiger partial charge in [0.2, 0.25) is 5.91 Å². The molecule has 0 aliphatic rings. The average molecular weight is 361 g/mol. The summed E-state index contributed by atoms with van der Waals surface area (Å²) in [5.74, 6) is -0.00398. The molecule has 0 bridgehead atoms. The van der Waals surface area contributed by atoms with Gasteiger partial charge in [-0.1, -0.05) is 46.3 Å². The Hall–Kier alpha value is -1.65. The van der Waals surface area contributed by atoms with Crippen molar-refractivity contribution in [2.45, 2.75) is 19.9 Å². The monoisotopic (exact) mass is 360 g/mol. The number of nitrogens with zero attached hydrogens (tertiary/aromatic N) is 1. The zero-order chi connectivity index (χ0) is 16.1. The smallest absolute Gasteiger partial charge is 0.238 e. The van der Waals surface area contributed by atoms with E-state index >= 15 is 0 Å². The normalized spacial score (nSPS) is 12.2. The zero-order valence-corrected chi connectivity index (χ0v) is 14.7. The molecule has 0 radical (unpaired) electrons. The van der Waals surface area contributed by atoms with E-state index in [9.17, 15) is 4.79 Å². The number of hydrogen-bond donors (Lipinski definition) is 1. The Kier molecular flexibility index (Phi) is 5.75. The summed E-state index contributed by atoms with van der Waals surface area (Å²) in [5.41, 5.74) is 3.10. The molecule has 0 aliphatic heterocycles. The highest BCUT2D eigenvalue weighted by Gasteiger charge is 2.15. The second-order valence-corrected chi connectivity index (χ2v) is 6.42. The molecule has 2 aromatic rings. The Bertz CT molecular complexity index is 643. The van der Waals surface area contributed by atoms with Crippen LogP contribution in [0.2, 0.25) is 0 Å². The van der Waals surface area contributed by atoms with E-state index in [-0.39, 0.29) is 11.9 Å². The summed E-state index contributed by atoms with van der Waals surface area (Å²) in [7, 11) is 1.96. The molecule has 1 atom stereocenters. The summed E-state index contributed by atoms with van der Waals surface area (Å²) in [5, 5.41) is 2.97. The molecule has 1 unspecified atom stereocenters. The van der Waals surface area contributed by atoms with Crippen LogP contribution in [0.15, 0.2) is 53.0 Å². The van der Waals surface area contributed by atoms with Crippen LogP contribution in [0.1, 0.15) is 24.1 Å². The van der Waals surface area contributed by atoms with Crippen LogP contribution in [0.5, 0.6) is 0 Å². The summed E-state index contributed by atoms with van der Waals surface area (Å²) in [6.45, 7) is 4.44. The van der Waals surface area contributed by atoms with Crippen molar-refractivity contribution in [3.05, 3.63) is 64.1 Å². The van der Waals surface area contributed by atoms with Gasteiger partial charge in [0.25, 0.3) is 0 Å². The van der Waals surface area contributed by atoms with E-state index in [0.717, 1.165) is 15.7 Å². The third-order valence-electron chi connectivity index (χ3n) is 3.80. The predicted octanol–water partition coefficient (Wildman–Crippen LogP) is 4.39. The summed E-state index contributed by atoms with van der Waals surface area (Å²) < 4.78 is 1.01. The summed E-state index contributed by atoms with van der Waals surface area (Å²) >= 11 is 3.43. The number of halogens is 1. The molecule has 116 valence electrons. The maximum Gasteiger partial charge on any atom is 0.238 e. The van der Waals surface area contributed by atoms with Gasteiger partial charge in [-0.05, 0) is 50.2 Å². The molecule has 0 heterocycles. The minimum Gasteiger partial charge on any atom is -0.325 e. The molecule has 0 spiro atoms. The Balaban J connectivity index is 1.96. The lowest BCUT2D eigenvalue weighted by Crippen LogP contribution is -2.32. The van der Waals surface area contributed by atoms with Crippen molar-refractivity contribution < 1.29 is 4.79 Å². The molecule has 2 rings (SSSR count). The number of aryl methyl sites for hydroxylation is 1. The van der Waals surface area contributed by atoms with E-state index in [1.807, 2.05) is 55.3 Å². The summed E-state index contributed by atoms with van der Waals surface area (Å²) in [6.07, 6.45) is 0. The number of amides is 1. The van der Waals surface area contributed by atoms with Gasteiger partial charge in [-0.15, -0.1) is 0 Å². The van der Waals surface area contributed by atoms with Gasteiger partial charge in [0.05, 0.1) is 6.54 Å². The first-order valence-corrected chi connectivity index (χ1v) is 8.08. The van der Waals surface area contributed by atoms with Gasteiger partial charge in [-0.3, -0.25) is 9.69 Å². The van der Waals surface area contributed by atoms with Crippen molar-refractivity contribution in [1.29, 1.82) is 0 Å². The molecule has 0 fully saturated rings. The standard InChI is InChI=1S/C18H21BrN2O/c1-13-11-16(19)9-10-17(13)20-18(22)12-21(3)14(2)15-7-5-4-6-8-15/h4-11,14H,12H2,1-3H3,(H,20,22). The van der Waals surface area contributed by atoms with E-state index < -0.39 is 0 Å². The molecule has 4 heteroatoms. The molecule has 0 aliphatic carbocycles. The molecular weight excluding hydrogens is 340 g/mol. The number of nitrogens with one attached hydrogen (secondary N) is 1. The number of likely N-dealkylation sites (N-methyl/N-ethyl adjacent to an activating group) is 1. The molecule has 3 nitrogen and oxygen atoms in total. The number of benzene rings is 2. The van der Waals surface area contributed by atoms with Crippen molar-refractivity contribution in [2.24, 2.45) is 0 Å². The Morgan fingerprint density at radius 3 is 2.55 bits per heavy atom. The molecule has 0 aromatic heterocycles. The van der Waals surface area contributed by atoms with Gasteiger partial charge >= 0.3 is 0 Å². The first kappa shape index (κ1) is 16.7. The first-order valence-electron chi connectivity index (χ1n) is 7.28. The quantitative estimate of drug-likeness (QED) is 0.857. The highest BCUT2D eigenvalue weighted by molar-refractivity contribution is 9.10. The number of anilines is 1. The highest BCUT2D eigenvalue weighted by Crippen LogP contribution is 2.21. The van der Waals surface area contributed by atoms with Crippen LogP contribution in [0.4, 0.5) is 5.69 Å². The third kappa shape index (κ3) is 4.42. The zero-order valence-electron chi connectivity index (χ0n) is 13.1. The van der Waals surface area contributed by atoms with Crippen LogP contribution in [0.25, 0.3) is 0 Å². The largest absolute Gasteiger partial charge is 0.325 e. The molecule has 2 aromatic carbocycles. The molecule has 22 heavy (non-hydrogen) atoms. The molecular formula is C18H21BrN2O. The fourth-order valence-electron chi connectivity index (χ4n) is 2.31. The fraction of sp³-hybridized carbons (Fsp3) is 0.278. The maximum absolute atomic E-state index is 12.2. The SMILES string of the molecule is Cc1cc(Br)ccc1NC(=O)CN(C)C(C)c1ccccc1. The lowest BCUT2D eigenvalue weighted by Gasteiger charge is -2.24. The van der Waals surface area contributed by atoms with Gasteiger partial charge < -0.3 is 5.32 Å². The molecule has 0 saturated carbocycles. The third-order valence-corrected chi connectivity index (χ3v) is 4.29. The lowest BCUT2D eigenvalue weighted by atomic mass is 10.1. The summed E-state index contributed by atoms with van der Waals surface area (Å²) in [6, 6.07) is 16.2. The second-order valence-electron chi connectivity index (χ2n) is 5.51. The Morgan fingerprint density at radius 2 is 1.91 bits per heavy atom. The van der Waals surface area contributed by atoms with Crippen LogP contribution in [0.3, 0.4) is 0 Å². The van der Waals surface area contributed by atoms with Crippen LogP contribution in [-0.4, -0.2) is 24.4 Å². The van der Waals surface area contributed by atoms with Gasteiger partial charge in [0.15, 0.2) is 0 Å². The molecule has 1 amide bonds. The van der Waals surface area contributed by atoms with E-state index in [1.54, 1.807) is 0 Å². The minimum absolute atomic E-state index is 0.00398. The Labute approximate surface area is 140 Å². The number of rotatable bonds is 5. The topological polar surface area (TPSA) is 32.3 Å². The predicted molar refractivity (Wildman–Crippen MR) is 95.0 cm³/mol. The van der Waals surface area contributed by atoms with E-state index in [2.05, 4.69) is 40.3 Å². The number of carbonyl (C=O) groups excluding carboxylic acids is 1. The van der Waals surface area contributed by atoms with Crippen molar-refractivity contribution >= 4 is 27.5 Å². The van der Waals surface area contributed by atoms with Crippen LogP contribution in [0, 0.1) is 6.92 Å². The average Bonchev–Trinajstić information content (AvgIpc) is 2.50. The van der Waals surface area contributed by atoms with Crippen molar-refractivity contribution in [1.82, 2.24) is 4.90 Å². The van der Waals surface area contributed by atoms with Gasteiger partial charge in [0, 0.05) is 16.2 Å². The van der Waals surface area contributed by atoms with Crippen LogP contribution >= 0.6 is 15.9 Å². The second kappa shape index (κ2) is 7.56. The van der Waals surface area contributed by atoms with E-state index in [1.165, 1.54) is 5.56 Å². The fourth-order valence-corrected chi connectivity index (χ4v) is 2.78. The van der Waals surface area contributed by atoms with Gasteiger partial charge in [-0.25, -0.2) is 0 Å². The maximum atomic E-state index is 12.2. The van der Waals surface area contributed by atoms with Crippen molar-refractivity contribution in [2.75, 3.05) is 18.9 Å². The van der Waals surface area contributed by atoms with Gasteiger partial charge in [0.1, 0.15) is 0 Å². The number of hydrogen-bond acceptors (Lipinski definition) is 2. The summed E-state index contributed by atoms with van der Waals surface area (Å²) in [4.78, 5) is 14.3. The van der Waals surface area contributed by atoms with E-state index in [0.29, 0.717) is 6.54 Å². The minimum atomic E-state index is -0.00398. The van der Waals surface area contributed by atoms with Crippen LogP contribution < -0.4 is 5.32 Å². The van der Waals surface area contributed by atoms with Crippen molar-refractivity contribution in [3.8, 4) is 0 Å². The van der Waals surface area contributed by atoms with E-state index in [4.69, 9.17) is 0 Å². The highest BCUT2D eigenvalue weighted by atomic mass is 79.9. The first-order chi connectivity index (χ1) is 10.5.